The van der Waals surface area contributed by atoms with Gasteiger partial charge >= 0.3 is 12.4 Å². The summed E-state index contributed by atoms with van der Waals surface area (Å²) in [6.07, 6.45) is 1.79. The number of carbonyl (C=O) groups excluding carboxylic acids is 1. The Bertz CT molecular complexity index is 282. The van der Waals surface area contributed by atoms with Gasteiger partial charge in [-0.3, -0.25) is 4.79 Å². The molecule has 0 aromatic rings. The minimum Gasteiger partial charge on any atom is -0.409 e. The fourth-order valence-electron chi connectivity index (χ4n) is 1.71. The van der Waals surface area contributed by atoms with Crippen LogP contribution in [0.1, 0.15) is 54.4 Å². The fraction of sp³-hybridized carbons (Fsp3) is 0.929. The average molecular weight is 273 g/mol. The molecular formula is C14H27NO4. The standard InChI is InChI=1S/C14H27NO4/c1-13(2,3)18-12(19-14(4,5)6)17-11(16)10-8-7-9-15-10/h10,12,15H,7-9H2,1-6H3/t10-/m0/s1. The van der Waals surface area contributed by atoms with E-state index in [0.29, 0.717) is 0 Å². The molecule has 0 aliphatic carbocycles. The first-order valence-electron chi connectivity index (χ1n) is 6.86. The van der Waals surface area contributed by atoms with Gasteiger partial charge in [0.2, 0.25) is 0 Å². The van der Waals surface area contributed by atoms with E-state index in [2.05, 4.69) is 5.32 Å². The van der Waals surface area contributed by atoms with Crippen LogP contribution in [0.3, 0.4) is 0 Å². The monoisotopic (exact) mass is 273 g/mol. The zero-order valence-electron chi connectivity index (χ0n) is 12.9. The van der Waals surface area contributed by atoms with Crippen LogP contribution in [0.15, 0.2) is 0 Å². The lowest BCUT2D eigenvalue weighted by Crippen LogP contribution is -2.42. The van der Waals surface area contributed by atoms with E-state index >= 15 is 0 Å². The van der Waals surface area contributed by atoms with Crippen molar-refractivity contribution in [3.8, 4) is 0 Å². The maximum Gasteiger partial charge on any atom is 0.327 e. The van der Waals surface area contributed by atoms with E-state index in [-0.39, 0.29) is 12.0 Å². The predicted molar refractivity (Wildman–Crippen MR) is 72.6 cm³/mol. The number of nitrogens with one attached hydrogen (secondary N) is 1. The van der Waals surface area contributed by atoms with E-state index in [1.807, 2.05) is 41.5 Å². The molecule has 5 heteroatoms. The van der Waals surface area contributed by atoms with Crippen LogP contribution < -0.4 is 5.32 Å². The highest BCUT2D eigenvalue weighted by molar-refractivity contribution is 5.76. The summed E-state index contributed by atoms with van der Waals surface area (Å²) in [4.78, 5) is 12.0. The van der Waals surface area contributed by atoms with E-state index < -0.39 is 17.7 Å². The molecule has 1 heterocycles. The van der Waals surface area contributed by atoms with E-state index in [1.165, 1.54) is 0 Å². The average Bonchev–Trinajstić information content (AvgIpc) is 2.63. The van der Waals surface area contributed by atoms with Gasteiger partial charge in [-0.1, -0.05) is 0 Å². The summed E-state index contributed by atoms with van der Waals surface area (Å²) >= 11 is 0. The van der Waals surface area contributed by atoms with Crippen molar-refractivity contribution in [2.24, 2.45) is 0 Å². The molecule has 1 aliphatic heterocycles. The number of ether oxygens (including phenoxy) is 3. The highest BCUT2D eigenvalue weighted by Gasteiger charge is 2.31. The highest BCUT2D eigenvalue weighted by Crippen LogP contribution is 2.20. The molecule has 5 nitrogen and oxygen atoms in total. The predicted octanol–water partition coefficient (Wildman–Crippen LogP) is 2.20. The third-order valence-corrected chi connectivity index (χ3v) is 2.46. The number of rotatable bonds is 4. The van der Waals surface area contributed by atoms with E-state index in [9.17, 15) is 4.79 Å². The summed E-state index contributed by atoms with van der Waals surface area (Å²) in [5, 5.41) is 3.10. The van der Waals surface area contributed by atoms with Gasteiger partial charge in [-0.25, -0.2) is 0 Å². The molecule has 112 valence electrons. The van der Waals surface area contributed by atoms with Crippen LogP contribution in [0, 0.1) is 0 Å². The van der Waals surface area contributed by atoms with E-state index in [1.54, 1.807) is 0 Å². The largest absolute Gasteiger partial charge is 0.409 e. The third-order valence-electron chi connectivity index (χ3n) is 2.46. The van der Waals surface area contributed by atoms with Crippen molar-refractivity contribution in [1.82, 2.24) is 5.32 Å². The highest BCUT2D eigenvalue weighted by atomic mass is 16.9. The fourth-order valence-corrected chi connectivity index (χ4v) is 1.71. The van der Waals surface area contributed by atoms with Crippen molar-refractivity contribution >= 4 is 5.97 Å². The van der Waals surface area contributed by atoms with Crippen molar-refractivity contribution in [3.05, 3.63) is 0 Å². The molecule has 0 aromatic carbocycles. The van der Waals surface area contributed by atoms with Crippen LogP contribution in [0.25, 0.3) is 0 Å². The molecule has 1 atom stereocenters. The molecule has 0 unspecified atom stereocenters. The Hall–Kier alpha value is -0.650. The lowest BCUT2D eigenvalue weighted by molar-refractivity contribution is -0.331. The van der Waals surface area contributed by atoms with Crippen LogP contribution >= 0.6 is 0 Å². The lowest BCUT2D eigenvalue weighted by Gasteiger charge is -2.32. The minimum atomic E-state index is -0.977. The molecule has 1 saturated heterocycles. The van der Waals surface area contributed by atoms with Gasteiger partial charge in [-0.15, -0.1) is 0 Å². The topological polar surface area (TPSA) is 56.8 Å². The molecule has 0 spiro atoms. The van der Waals surface area contributed by atoms with Gasteiger partial charge in [0.25, 0.3) is 0 Å². The Balaban J connectivity index is 2.59. The number of hydrogen-bond donors (Lipinski definition) is 1. The molecule has 1 aliphatic rings. The summed E-state index contributed by atoms with van der Waals surface area (Å²) in [5.74, 6) is -0.309. The van der Waals surface area contributed by atoms with Gasteiger partial charge in [0.05, 0.1) is 11.2 Å². The van der Waals surface area contributed by atoms with Gasteiger partial charge in [0.15, 0.2) is 0 Å². The van der Waals surface area contributed by atoms with Crippen LogP contribution in [0.4, 0.5) is 0 Å². The zero-order valence-corrected chi connectivity index (χ0v) is 12.9. The normalized spacial score (nSPS) is 20.9. The van der Waals surface area contributed by atoms with E-state index in [0.717, 1.165) is 19.4 Å². The quantitative estimate of drug-likeness (QED) is 0.628. The Labute approximate surface area is 116 Å². The maximum absolute atomic E-state index is 12.0. The first-order valence-corrected chi connectivity index (χ1v) is 6.86. The van der Waals surface area contributed by atoms with Crippen molar-refractivity contribution in [2.45, 2.75) is 78.1 Å². The first kappa shape index (κ1) is 16.4. The van der Waals surface area contributed by atoms with Crippen molar-refractivity contribution in [1.29, 1.82) is 0 Å². The molecule has 19 heavy (non-hydrogen) atoms. The van der Waals surface area contributed by atoms with Crippen LogP contribution in [-0.4, -0.2) is 36.2 Å². The van der Waals surface area contributed by atoms with E-state index in [4.69, 9.17) is 14.2 Å². The van der Waals surface area contributed by atoms with Crippen molar-refractivity contribution in [2.75, 3.05) is 6.54 Å². The second-order valence-electron chi connectivity index (χ2n) is 6.83. The zero-order chi connectivity index (χ0) is 14.7. The summed E-state index contributed by atoms with van der Waals surface area (Å²) < 4.78 is 16.6. The third kappa shape index (κ3) is 6.89. The Kier molecular flexibility index (Phi) is 5.35. The lowest BCUT2D eigenvalue weighted by atomic mass is 10.2. The molecule has 0 bridgehead atoms. The summed E-state index contributed by atoms with van der Waals surface area (Å²) in [6, 6.07) is -0.241. The Morgan fingerprint density at radius 3 is 2.00 bits per heavy atom. The van der Waals surface area contributed by atoms with Crippen LogP contribution in [-0.2, 0) is 19.0 Å². The summed E-state index contributed by atoms with van der Waals surface area (Å²) in [5.41, 5.74) is -0.890. The molecular weight excluding hydrogens is 246 g/mol. The molecule has 1 rings (SSSR count). The van der Waals surface area contributed by atoms with Crippen molar-refractivity contribution in [3.63, 3.8) is 0 Å². The second-order valence-corrected chi connectivity index (χ2v) is 6.83. The molecule has 1 N–H and O–H groups in total. The number of carbonyl (C=O) groups is 1. The smallest absolute Gasteiger partial charge is 0.327 e. The Morgan fingerprint density at radius 1 is 1.11 bits per heavy atom. The van der Waals surface area contributed by atoms with Crippen LogP contribution in [0.2, 0.25) is 0 Å². The number of esters is 1. The van der Waals surface area contributed by atoms with Gasteiger partial charge in [-0.2, -0.15) is 0 Å². The summed E-state index contributed by atoms with van der Waals surface area (Å²) in [7, 11) is 0. The minimum absolute atomic E-state index is 0.241. The van der Waals surface area contributed by atoms with Crippen molar-refractivity contribution < 1.29 is 19.0 Å². The SMILES string of the molecule is CC(C)(C)OC(OC(=O)[C@@H]1CCCN1)OC(C)(C)C. The molecule has 0 amide bonds. The molecule has 0 saturated carbocycles. The van der Waals surface area contributed by atoms with Gasteiger partial charge < -0.3 is 19.5 Å². The molecule has 0 aromatic heterocycles. The molecule has 1 fully saturated rings. The van der Waals surface area contributed by atoms with Gasteiger partial charge in [-0.05, 0) is 60.9 Å². The second kappa shape index (κ2) is 6.20. The van der Waals surface area contributed by atoms with Gasteiger partial charge in [0, 0.05) is 0 Å². The molecule has 0 radical (unpaired) electrons. The van der Waals surface area contributed by atoms with Gasteiger partial charge in [0.1, 0.15) is 6.04 Å². The number of hydrogen-bond acceptors (Lipinski definition) is 5. The van der Waals surface area contributed by atoms with Crippen LogP contribution in [0.5, 0.6) is 0 Å². The Morgan fingerprint density at radius 2 is 1.63 bits per heavy atom. The first-order chi connectivity index (χ1) is 8.57. The maximum atomic E-state index is 12.0. The summed E-state index contributed by atoms with van der Waals surface area (Å²) in [6.45, 7) is 11.3.